The summed E-state index contributed by atoms with van der Waals surface area (Å²) in [6.07, 6.45) is 9.06. The molecule has 1 aliphatic rings. The number of carbonyl (C=O) groups is 2. The Labute approximate surface area is 158 Å². The maximum absolute atomic E-state index is 12.7. The van der Waals surface area contributed by atoms with E-state index in [1.165, 1.54) is 43.4 Å². The largest absolute Gasteiger partial charge is 0.480 e. The Morgan fingerprint density at radius 2 is 1.85 bits per heavy atom. The van der Waals surface area contributed by atoms with E-state index in [4.69, 9.17) is 5.11 Å². The first kappa shape index (κ1) is 19.1. The maximum atomic E-state index is 12.7. The zero-order valence-corrected chi connectivity index (χ0v) is 15.6. The lowest BCUT2D eigenvalue weighted by Gasteiger charge is -2.15. The van der Waals surface area contributed by atoms with E-state index in [9.17, 15) is 14.4 Å². The fourth-order valence-electron chi connectivity index (χ4n) is 3.86. The number of carbonyl (C=O) groups excluding carboxylic acids is 1. The van der Waals surface area contributed by atoms with Gasteiger partial charge in [-0.3, -0.25) is 9.59 Å². The third-order valence-electron chi connectivity index (χ3n) is 5.47. The number of nitrogens with one attached hydrogen (secondary N) is 1. The molecule has 1 amide bonds. The highest BCUT2D eigenvalue weighted by Gasteiger charge is 2.19. The summed E-state index contributed by atoms with van der Waals surface area (Å²) in [7, 11) is 0. The van der Waals surface area contributed by atoms with Crippen molar-refractivity contribution in [3.05, 3.63) is 40.8 Å². The zero-order valence-electron chi connectivity index (χ0n) is 15.6. The van der Waals surface area contributed by atoms with Crippen LogP contribution in [-0.2, 0) is 9.59 Å². The number of hydrogen-bond donors (Lipinski definition) is 2. The van der Waals surface area contributed by atoms with Gasteiger partial charge in [-0.2, -0.15) is 0 Å². The summed E-state index contributed by atoms with van der Waals surface area (Å²) in [6, 6.07) is 5.88. The topological polar surface area (TPSA) is 88.4 Å². The van der Waals surface area contributed by atoms with E-state index in [1.54, 1.807) is 24.3 Å². The molecular weight excluding hydrogens is 344 g/mol. The quantitative estimate of drug-likeness (QED) is 0.780. The fourth-order valence-corrected chi connectivity index (χ4v) is 3.86. The average molecular weight is 370 g/mol. The first-order valence-corrected chi connectivity index (χ1v) is 9.64. The Hall–Kier alpha value is -2.63. The van der Waals surface area contributed by atoms with Crippen molar-refractivity contribution < 1.29 is 14.7 Å². The van der Waals surface area contributed by atoms with Crippen LogP contribution in [0.15, 0.2) is 35.3 Å². The molecular formula is C21H26N2O4. The van der Waals surface area contributed by atoms with Crippen molar-refractivity contribution in [2.45, 2.75) is 57.9 Å². The molecule has 0 unspecified atom stereocenters. The predicted molar refractivity (Wildman–Crippen MR) is 105 cm³/mol. The molecule has 0 spiro atoms. The molecule has 1 aromatic carbocycles. The smallest absolute Gasteiger partial charge is 0.326 e. The zero-order chi connectivity index (χ0) is 19.4. The van der Waals surface area contributed by atoms with Gasteiger partial charge in [0.1, 0.15) is 6.04 Å². The van der Waals surface area contributed by atoms with E-state index in [1.807, 2.05) is 0 Å². The monoisotopic (exact) mass is 370 g/mol. The highest BCUT2D eigenvalue weighted by molar-refractivity contribution is 6.01. The molecule has 6 nitrogen and oxygen atoms in total. The van der Waals surface area contributed by atoms with Gasteiger partial charge in [0.05, 0.1) is 0 Å². The number of nitrogens with zero attached hydrogens (tertiary/aromatic N) is 1. The van der Waals surface area contributed by atoms with E-state index < -0.39 is 12.0 Å². The van der Waals surface area contributed by atoms with Crippen LogP contribution in [0.5, 0.6) is 0 Å². The second-order valence-electron chi connectivity index (χ2n) is 7.42. The Balaban J connectivity index is 1.82. The van der Waals surface area contributed by atoms with Crippen molar-refractivity contribution in [3.63, 3.8) is 0 Å². The second-order valence-corrected chi connectivity index (χ2v) is 7.42. The van der Waals surface area contributed by atoms with E-state index in [0.29, 0.717) is 28.8 Å². The average Bonchev–Trinajstić information content (AvgIpc) is 2.90. The van der Waals surface area contributed by atoms with E-state index in [-0.39, 0.29) is 11.5 Å². The van der Waals surface area contributed by atoms with Crippen LogP contribution in [0.3, 0.4) is 0 Å². The molecule has 1 heterocycles. The van der Waals surface area contributed by atoms with Crippen LogP contribution in [0, 0.1) is 5.92 Å². The van der Waals surface area contributed by atoms with Crippen LogP contribution < -0.4 is 10.9 Å². The van der Waals surface area contributed by atoms with Gasteiger partial charge in [0.2, 0.25) is 5.91 Å². The van der Waals surface area contributed by atoms with Crippen molar-refractivity contribution in [1.82, 2.24) is 4.57 Å². The highest BCUT2D eigenvalue weighted by Crippen LogP contribution is 2.27. The van der Waals surface area contributed by atoms with Crippen LogP contribution in [0.1, 0.15) is 57.9 Å². The lowest BCUT2D eigenvalue weighted by atomic mass is 9.96. The highest BCUT2D eigenvalue weighted by atomic mass is 16.4. The number of benzene rings is 1. The first-order chi connectivity index (χ1) is 13.0. The van der Waals surface area contributed by atoms with Crippen LogP contribution in [0.25, 0.3) is 10.8 Å². The third kappa shape index (κ3) is 4.38. The molecule has 2 aromatic rings. The van der Waals surface area contributed by atoms with Crippen molar-refractivity contribution >= 4 is 28.3 Å². The lowest BCUT2D eigenvalue weighted by molar-refractivity contribution is -0.140. The van der Waals surface area contributed by atoms with Gasteiger partial charge < -0.3 is 15.0 Å². The van der Waals surface area contributed by atoms with E-state index in [2.05, 4.69) is 5.32 Å². The number of carboxylic acid groups (broad SMARTS) is 1. The second kappa shape index (κ2) is 8.37. The van der Waals surface area contributed by atoms with Gasteiger partial charge in [0.15, 0.2) is 0 Å². The van der Waals surface area contributed by atoms with Crippen molar-refractivity contribution in [1.29, 1.82) is 0 Å². The van der Waals surface area contributed by atoms with Gasteiger partial charge in [-0.25, -0.2) is 4.79 Å². The molecule has 1 atom stereocenters. The number of carboxylic acids is 1. The van der Waals surface area contributed by atoms with Gasteiger partial charge in [0, 0.05) is 29.1 Å². The summed E-state index contributed by atoms with van der Waals surface area (Å²) in [4.78, 5) is 36.4. The lowest BCUT2D eigenvalue weighted by Crippen LogP contribution is -2.27. The molecule has 0 radical (unpaired) electrons. The molecule has 2 N–H and O–H groups in total. The number of anilines is 1. The molecule has 144 valence electrons. The molecule has 1 aromatic heterocycles. The summed E-state index contributed by atoms with van der Waals surface area (Å²) < 4.78 is 1.20. The minimum atomic E-state index is -1.07. The summed E-state index contributed by atoms with van der Waals surface area (Å²) in [5, 5.41) is 13.1. The van der Waals surface area contributed by atoms with E-state index in [0.717, 1.165) is 12.8 Å². The third-order valence-corrected chi connectivity index (χ3v) is 5.47. The number of hydrogen-bond acceptors (Lipinski definition) is 3. The number of fused-ring (bicyclic) bond motifs is 1. The standard InChI is InChI=1S/C21H26N2O4/c1-14(21(26)27)23-12-11-16-17(20(23)25)9-6-10-18(16)22-19(24)13-15-7-4-2-3-5-8-15/h6,9-12,14-15H,2-5,7-8,13H2,1H3,(H,22,24)(H,26,27)/t14-/m1/s1. The summed E-state index contributed by atoms with van der Waals surface area (Å²) in [5.74, 6) is -0.669. The molecule has 27 heavy (non-hydrogen) atoms. The summed E-state index contributed by atoms with van der Waals surface area (Å²) >= 11 is 0. The first-order valence-electron chi connectivity index (χ1n) is 9.64. The molecule has 0 aliphatic heterocycles. The van der Waals surface area contributed by atoms with Crippen LogP contribution in [-0.4, -0.2) is 21.6 Å². The summed E-state index contributed by atoms with van der Waals surface area (Å²) in [6.45, 7) is 1.47. The molecule has 1 fully saturated rings. The Bertz CT molecular complexity index is 895. The van der Waals surface area contributed by atoms with Crippen LogP contribution in [0.2, 0.25) is 0 Å². The minimum Gasteiger partial charge on any atom is -0.480 e. The number of pyridine rings is 1. The SMILES string of the molecule is C[C@H](C(=O)O)n1ccc2c(NC(=O)CC3CCCCCC3)cccc2c1=O. The van der Waals surface area contributed by atoms with Gasteiger partial charge in [0.25, 0.3) is 5.56 Å². The van der Waals surface area contributed by atoms with E-state index >= 15 is 0 Å². The Morgan fingerprint density at radius 1 is 1.15 bits per heavy atom. The maximum Gasteiger partial charge on any atom is 0.326 e. The van der Waals surface area contributed by atoms with Crippen molar-refractivity contribution in [3.8, 4) is 0 Å². The molecule has 1 aliphatic carbocycles. The van der Waals surface area contributed by atoms with Crippen molar-refractivity contribution in [2.75, 3.05) is 5.32 Å². The van der Waals surface area contributed by atoms with Crippen LogP contribution >= 0.6 is 0 Å². The van der Waals surface area contributed by atoms with Gasteiger partial charge in [-0.1, -0.05) is 31.7 Å². The number of rotatable bonds is 5. The summed E-state index contributed by atoms with van der Waals surface area (Å²) in [5.41, 5.74) is 0.223. The normalized spacial score (nSPS) is 16.6. The van der Waals surface area contributed by atoms with Crippen LogP contribution in [0.4, 0.5) is 5.69 Å². The van der Waals surface area contributed by atoms with Gasteiger partial charge in [-0.05, 0) is 43.9 Å². The minimum absolute atomic E-state index is 0.0301. The predicted octanol–water partition coefficient (Wildman–Crippen LogP) is 3.95. The number of aliphatic carboxylic acids is 1. The molecule has 1 saturated carbocycles. The fraction of sp³-hybridized carbons (Fsp3) is 0.476. The Kier molecular flexibility index (Phi) is 5.94. The van der Waals surface area contributed by atoms with Gasteiger partial charge in [-0.15, -0.1) is 0 Å². The Morgan fingerprint density at radius 3 is 2.52 bits per heavy atom. The van der Waals surface area contributed by atoms with Crippen molar-refractivity contribution in [2.24, 2.45) is 5.92 Å². The molecule has 6 heteroatoms. The molecule has 0 saturated heterocycles. The molecule has 0 bridgehead atoms. The van der Waals surface area contributed by atoms with Gasteiger partial charge >= 0.3 is 5.97 Å². The molecule has 3 rings (SSSR count). The number of amides is 1. The number of aromatic nitrogens is 1.